The van der Waals surface area contributed by atoms with Crippen LogP contribution in [0.15, 0.2) is 12.1 Å². The molecule has 0 saturated carbocycles. The molecule has 2 heterocycles. The summed E-state index contributed by atoms with van der Waals surface area (Å²) in [5.41, 5.74) is 1.67. The van der Waals surface area contributed by atoms with Crippen LogP contribution in [0.2, 0.25) is 0 Å². The van der Waals surface area contributed by atoms with E-state index in [-0.39, 0.29) is 11.7 Å². The van der Waals surface area contributed by atoms with Crippen molar-refractivity contribution in [3.63, 3.8) is 0 Å². The van der Waals surface area contributed by atoms with Crippen molar-refractivity contribution in [2.75, 3.05) is 18.0 Å². The standard InChI is InChI=1S/C15H18N2O3/c18-13-3-1-2-12-11(13)4-5-14(16-12)17-8-6-10(7-9-17)15(19)20/h4-5,10H,1-3,6-9H2,(H,19,20). The number of piperidine rings is 1. The number of anilines is 1. The molecule has 0 radical (unpaired) electrons. The summed E-state index contributed by atoms with van der Waals surface area (Å²) < 4.78 is 0. The second kappa shape index (κ2) is 5.23. The van der Waals surface area contributed by atoms with Crippen LogP contribution in [-0.2, 0) is 11.2 Å². The topological polar surface area (TPSA) is 70.5 Å². The van der Waals surface area contributed by atoms with Crippen LogP contribution in [0.3, 0.4) is 0 Å². The van der Waals surface area contributed by atoms with Crippen molar-refractivity contribution in [3.8, 4) is 0 Å². The predicted molar refractivity (Wildman–Crippen MR) is 74.1 cm³/mol. The van der Waals surface area contributed by atoms with Crippen LogP contribution in [-0.4, -0.2) is 34.9 Å². The summed E-state index contributed by atoms with van der Waals surface area (Å²) in [6, 6.07) is 3.77. The van der Waals surface area contributed by atoms with Gasteiger partial charge in [0.1, 0.15) is 5.82 Å². The number of aryl methyl sites for hydroxylation is 1. The molecule has 0 spiro atoms. The van der Waals surface area contributed by atoms with Crippen LogP contribution >= 0.6 is 0 Å². The Balaban J connectivity index is 1.76. The van der Waals surface area contributed by atoms with Crippen molar-refractivity contribution < 1.29 is 14.7 Å². The highest BCUT2D eigenvalue weighted by atomic mass is 16.4. The van der Waals surface area contributed by atoms with Crippen molar-refractivity contribution in [3.05, 3.63) is 23.4 Å². The van der Waals surface area contributed by atoms with Crippen LogP contribution < -0.4 is 4.90 Å². The number of hydrogen-bond donors (Lipinski definition) is 1. The highest BCUT2D eigenvalue weighted by Gasteiger charge is 2.26. The largest absolute Gasteiger partial charge is 0.481 e. The van der Waals surface area contributed by atoms with E-state index in [1.165, 1.54) is 0 Å². The Morgan fingerprint density at radius 2 is 2.00 bits per heavy atom. The number of carboxylic acids is 1. The van der Waals surface area contributed by atoms with E-state index >= 15 is 0 Å². The summed E-state index contributed by atoms with van der Waals surface area (Å²) >= 11 is 0. The second-order valence-electron chi connectivity index (χ2n) is 5.54. The fraction of sp³-hybridized carbons (Fsp3) is 0.533. The molecule has 0 unspecified atom stereocenters. The van der Waals surface area contributed by atoms with Gasteiger partial charge in [-0.1, -0.05) is 0 Å². The van der Waals surface area contributed by atoms with Gasteiger partial charge in [0.25, 0.3) is 0 Å². The SMILES string of the molecule is O=C1CCCc2nc(N3CCC(C(=O)O)CC3)ccc21. The molecule has 20 heavy (non-hydrogen) atoms. The molecule has 106 valence electrons. The van der Waals surface area contributed by atoms with Gasteiger partial charge in [-0.2, -0.15) is 0 Å². The minimum atomic E-state index is -0.700. The van der Waals surface area contributed by atoms with Gasteiger partial charge in [-0.05, 0) is 37.8 Å². The molecule has 1 aliphatic carbocycles. The molecule has 0 bridgehead atoms. The number of rotatable bonds is 2. The highest BCUT2D eigenvalue weighted by Crippen LogP contribution is 2.26. The average molecular weight is 274 g/mol. The quantitative estimate of drug-likeness (QED) is 0.892. The molecule has 1 aromatic rings. The first-order valence-electron chi connectivity index (χ1n) is 7.16. The molecule has 1 saturated heterocycles. The highest BCUT2D eigenvalue weighted by molar-refractivity contribution is 5.98. The van der Waals surface area contributed by atoms with E-state index in [1.54, 1.807) is 0 Å². The van der Waals surface area contributed by atoms with E-state index in [0.29, 0.717) is 19.3 Å². The average Bonchev–Trinajstić information content (AvgIpc) is 2.47. The first-order valence-corrected chi connectivity index (χ1v) is 7.16. The van der Waals surface area contributed by atoms with Crippen LogP contribution in [0, 0.1) is 5.92 Å². The number of aromatic nitrogens is 1. The molecule has 2 aliphatic rings. The molecule has 1 aromatic heterocycles. The van der Waals surface area contributed by atoms with Gasteiger partial charge in [-0.25, -0.2) is 4.98 Å². The number of hydrogen-bond acceptors (Lipinski definition) is 4. The summed E-state index contributed by atoms with van der Waals surface area (Å²) in [5, 5.41) is 9.01. The Labute approximate surface area is 117 Å². The van der Waals surface area contributed by atoms with Gasteiger partial charge in [-0.3, -0.25) is 9.59 Å². The minimum Gasteiger partial charge on any atom is -0.481 e. The van der Waals surface area contributed by atoms with Crippen molar-refractivity contribution in [2.24, 2.45) is 5.92 Å². The van der Waals surface area contributed by atoms with Gasteiger partial charge in [0.2, 0.25) is 0 Å². The summed E-state index contributed by atoms with van der Waals surface area (Å²) in [5.74, 6) is 0.135. The van der Waals surface area contributed by atoms with Crippen LogP contribution in [0.1, 0.15) is 41.7 Å². The lowest BCUT2D eigenvalue weighted by molar-refractivity contribution is -0.142. The summed E-state index contributed by atoms with van der Waals surface area (Å²) in [6.45, 7) is 1.44. The van der Waals surface area contributed by atoms with Crippen LogP contribution in [0.4, 0.5) is 5.82 Å². The van der Waals surface area contributed by atoms with Crippen molar-refractivity contribution in [1.29, 1.82) is 0 Å². The molecule has 0 amide bonds. The molecule has 5 nitrogen and oxygen atoms in total. The Bertz CT molecular complexity index is 548. The third kappa shape index (κ3) is 2.40. The maximum Gasteiger partial charge on any atom is 0.306 e. The van der Waals surface area contributed by atoms with E-state index in [2.05, 4.69) is 9.88 Å². The summed E-state index contributed by atoms with van der Waals surface area (Å²) in [6.07, 6.45) is 3.68. The number of carbonyl (C=O) groups is 2. The molecule has 1 aliphatic heterocycles. The fourth-order valence-electron chi connectivity index (χ4n) is 3.02. The molecule has 1 fully saturated rings. The lowest BCUT2D eigenvalue weighted by Gasteiger charge is -2.31. The zero-order chi connectivity index (χ0) is 14.1. The summed E-state index contributed by atoms with van der Waals surface area (Å²) in [4.78, 5) is 29.5. The second-order valence-corrected chi connectivity index (χ2v) is 5.54. The fourth-order valence-corrected chi connectivity index (χ4v) is 3.02. The van der Waals surface area contributed by atoms with Gasteiger partial charge < -0.3 is 10.0 Å². The van der Waals surface area contributed by atoms with Crippen LogP contribution in [0.5, 0.6) is 0 Å². The number of pyridine rings is 1. The smallest absolute Gasteiger partial charge is 0.306 e. The number of carboxylic acid groups (broad SMARTS) is 1. The third-order valence-electron chi connectivity index (χ3n) is 4.25. The van der Waals surface area contributed by atoms with Crippen molar-refractivity contribution in [1.82, 2.24) is 4.98 Å². The Hall–Kier alpha value is -1.91. The number of ketones is 1. The maximum absolute atomic E-state index is 11.8. The Morgan fingerprint density at radius 3 is 2.70 bits per heavy atom. The number of Topliss-reactive ketones (excluding diaryl/α,β-unsaturated/α-hetero) is 1. The molecule has 1 N–H and O–H groups in total. The molecule has 3 rings (SSSR count). The number of carbonyl (C=O) groups excluding carboxylic acids is 1. The molecule has 5 heteroatoms. The summed E-state index contributed by atoms with van der Waals surface area (Å²) in [7, 11) is 0. The van der Waals surface area contributed by atoms with Gasteiger partial charge in [0.05, 0.1) is 11.6 Å². The normalized spacial score (nSPS) is 19.8. The molecular formula is C15H18N2O3. The number of fused-ring (bicyclic) bond motifs is 1. The third-order valence-corrected chi connectivity index (χ3v) is 4.25. The lowest BCUT2D eigenvalue weighted by Crippen LogP contribution is -2.37. The van der Waals surface area contributed by atoms with Gasteiger partial charge >= 0.3 is 5.97 Å². The van der Waals surface area contributed by atoms with Crippen molar-refractivity contribution >= 4 is 17.6 Å². The minimum absolute atomic E-state index is 0.190. The van der Waals surface area contributed by atoms with E-state index in [4.69, 9.17) is 5.11 Å². The van der Waals surface area contributed by atoms with E-state index in [0.717, 1.165) is 43.0 Å². The molecule has 0 aromatic carbocycles. The molecular weight excluding hydrogens is 256 g/mol. The monoisotopic (exact) mass is 274 g/mol. The predicted octanol–water partition coefficient (Wildman–Crippen LogP) is 1.90. The Morgan fingerprint density at radius 1 is 1.25 bits per heavy atom. The lowest BCUT2D eigenvalue weighted by atomic mass is 9.94. The zero-order valence-electron chi connectivity index (χ0n) is 11.3. The van der Waals surface area contributed by atoms with E-state index in [9.17, 15) is 9.59 Å². The number of nitrogens with zero attached hydrogens (tertiary/aromatic N) is 2. The maximum atomic E-state index is 11.8. The first-order chi connectivity index (χ1) is 9.65. The Kier molecular flexibility index (Phi) is 3.42. The van der Waals surface area contributed by atoms with Gasteiger partial charge in [0.15, 0.2) is 5.78 Å². The van der Waals surface area contributed by atoms with E-state index in [1.807, 2.05) is 12.1 Å². The van der Waals surface area contributed by atoms with Crippen molar-refractivity contribution in [2.45, 2.75) is 32.1 Å². The van der Waals surface area contributed by atoms with Crippen LogP contribution in [0.25, 0.3) is 0 Å². The van der Waals surface area contributed by atoms with Gasteiger partial charge in [0, 0.05) is 25.1 Å². The number of aliphatic carboxylic acids is 1. The van der Waals surface area contributed by atoms with E-state index < -0.39 is 5.97 Å². The molecule has 0 atom stereocenters. The first kappa shape index (κ1) is 13.1. The van der Waals surface area contributed by atoms with Gasteiger partial charge in [-0.15, -0.1) is 0 Å². The zero-order valence-corrected chi connectivity index (χ0v) is 11.3.